The Balaban J connectivity index is 1.93. The summed E-state index contributed by atoms with van der Waals surface area (Å²) >= 11 is 1.81. The molecule has 100 valence electrons. The van der Waals surface area contributed by atoms with E-state index >= 15 is 0 Å². The molecular formula is C16H20N2S. The van der Waals surface area contributed by atoms with Crippen molar-refractivity contribution < 1.29 is 0 Å². The molecule has 19 heavy (non-hydrogen) atoms. The Morgan fingerprint density at radius 3 is 3.05 bits per heavy atom. The van der Waals surface area contributed by atoms with E-state index in [2.05, 4.69) is 41.9 Å². The first kappa shape index (κ1) is 12.8. The summed E-state index contributed by atoms with van der Waals surface area (Å²) < 4.78 is 0. The Morgan fingerprint density at radius 1 is 1.37 bits per heavy atom. The van der Waals surface area contributed by atoms with Crippen LogP contribution in [0.1, 0.15) is 53.6 Å². The number of fused-ring (bicyclic) bond motifs is 1. The van der Waals surface area contributed by atoms with E-state index in [9.17, 15) is 0 Å². The van der Waals surface area contributed by atoms with Crippen LogP contribution in [-0.2, 0) is 6.42 Å². The molecule has 0 bridgehead atoms. The zero-order chi connectivity index (χ0) is 13.2. The molecule has 2 nitrogen and oxygen atoms in total. The summed E-state index contributed by atoms with van der Waals surface area (Å²) in [6.07, 6.45) is 3.73. The lowest BCUT2D eigenvalue weighted by molar-refractivity contribution is 0.600. The summed E-state index contributed by atoms with van der Waals surface area (Å²) in [6, 6.07) is 9.19. The van der Waals surface area contributed by atoms with E-state index in [-0.39, 0.29) is 0 Å². The molecule has 1 N–H and O–H groups in total. The highest BCUT2D eigenvalue weighted by molar-refractivity contribution is 7.09. The van der Waals surface area contributed by atoms with Gasteiger partial charge in [-0.15, -0.1) is 11.3 Å². The summed E-state index contributed by atoms with van der Waals surface area (Å²) in [7, 11) is 1.99. The molecule has 0 amide bonds. The number of aromatic nitrogens is 1. The fraction of sp³-hybridized carbons (Fsp3) is 0.438. The van der Waals surface area contributed by atoms with Gasteiger partial charge in [-0.2, -0.15) is 0 Å². The van der Waals surface area contributed by atoms with Crippen LogP contribution in [0, 0.1) is 0 Å². The maximum absolute atomic E-state index is 4.86. The third kappa shape index (κ3) is 2.45. The normalized spacial score (nSPS) is 20.0. The van der Waals surface area contributed by atoms with E-state index in [0.717, 1.165) is 0 Å². The lowest BCUT2D eigenvalue weighted by Gasteiger charge is -2.23. The first-order valence-electron chi connectivity index (χ1n) is 7.00. The Morgan fingerprint density at radius 2 is 2.21 bits per heavy atom. The summed E-state index contributed by atoms with van der Waals surface area (Å²) in [5, 5.41) is 6.74. The molecule has 1 aromatic carbocycles. The smallest absolute Gasteiger partial charge is 0.100 e. The van der Waals surface area contributed by atoms with Crippen molar-refractivity contribution in [1.29, 1.82) is 0 Å². The van der Waals surface area contributed by atoms with Crippen LogP contribution < -0.4 is 5.32 Å². The van der Waals surface area contributed by atoms with Crippen LogP contribution in [0.4, 0.5) is 0 Å². The Kier molecular flexibility index (Phi) is 3.67. The average molecular weight is 272 g/mol. The number of nitrogens with one attached hydrogen (secondary N) is 1. The number of thiazole rings is 1. The van der Waals surface area contributed by atoms with Gasteiger partial charge in [-0.1, -0.05) is 24.3 Å². The maximum Gasteiger partial charge on any atom is 0.100 e. The molecule has 1 heterocycles. The van der Waals surface area contributed by atoms with Crippen molar-refractivity contribution in [3.63, 3.8) is 0 Å². The quantitative estimate of drug-likeness (QED) is 0.917. The third-order valence-corrected chi connectivity index (χ3v) is 5.06. The van der Waals surface area contributed by atoms with E-state index in [1.807, 2.05) is 18.4 Å². The number of rotatable bonds is 3. The van der Waals surface area contributed by atoms with Crippen LogP contribution in [0.15, 0.2) is 29.6 Å². The Labute approximate surface area is 118 Å². The van der Waals surface area contributed by atoms with Gasteiger partial charge >= 0.3 is 0 Å². The van der Waals surface area contributed by atoms with Crippen molar-refractivity contribution in [1.82, 2.24) is 10.3 Å². The fourth-order valence-electron chi connectivity index (χ4n) is 2.82. The van der Waals surface area contributed by atoms with Gasteiger partial charge in [0.25, 0.3) is 0 Å². The molecule has 1 aromatic heterocycles. The molecule has 3 rings (SSSR count). The van der Waals surface area contributed by atoms with Crippen molar-refractivity contribution >= 4 is 11.3 Å². The molecule has 2 unspecified atom stereocenters. The number of benzene rings is 1. The van der Waals surface area contributed by atoms with Crippen LogP contribution >= 0.6 is 11.3 Å². The van der Waals surface area contributed by atoms with Crippen LogP contribution in [0.2, 0.25) is 0 Å². The average Bonchev–Trinajstić information content (AvgIpc) is 2.95. The SMILES string of the molecule is CNC(C)c1csc(C2CCCc3ccccc32)n1. The van der Waals surface area contributed by atoms with Gasteiger partial charge in [0.1, 0.15) is 5.01 Å². The number of hydrogen-bond donors (Lipinski definition) is 1. The molecule has 0 radical (unpaired) electrons. The van der Waals surface area contributed by atoms with Gasteiger partial charge in [-0.25, -0.2) is 4.98 Å². The first-order chi connectivity index (χ1) is 9.29. The van der Waals surface area contributed by atoms with Gasteiger partial charge in [0.2, 0.25) is 0 Å². The molecular weight excluding hydrogens is 252 g/mol. The monoisotopic (exact) mass is 272 g/mol. The van der Waals surface area contributed by atoms with Crippen molar-refractivity contribution in [2.24, 2.45) is 0 Å². The highest BCUT2D eigenvalue weighted by atomic mass is 32.1. The molecule has 0 saturated carbocycles. The van der Waals surface area contributed by atoms with E-state index in [0.29, 0.717) is 12.0 Å². The molecule has 0 saturated heterocycles. The zero-order valence-corrected chi connectivity index (χ0v) is 12.3. The van der Waals surface area contributed by atoms with Gasteiger partial charge in [0.05, 0.1) is 5.69 Å². The summed E-state index contributed by atoms with van der Waals surface area (Å²) in [5.41, 5.74) is 4.18. The second kappa shape index (κ2) is 5.43. The summed E-state index contributed by atoms with van der Waals surface area (Å²) in [6.45, 7) is 2.16. The maximum atomic E-state index is 4.86. The second-order valence-corrected chi connectivity index (χ2v) is 6.15. The molecule has 2 aromatic rings. The van der Waals surface area contributed by atoms with Crippen LogP contribution in [-0.4, -0.2) is 12.0 Å². The number of nitrogens with zero attached hydrogens (tertiary/aromatic N) is 1. The lowest BCUT2D eigenvalue weighted by Crippen LogP contribution is -2.14. The minimum absolute atomic E-state index is 0.337. The van der Waals surface area contributed by atoms with Crippen molar-refractivity contribution in [2.75, 3.05) is 7.05 Å². The highest BCUT2D eigenvalue weighted by Gasteiger charge is 2.24. The Bertz CT molecular complexity index is 561. The van der Waals surface area contributed by atoms with E-state index in [1.165, 1.54) is 41.1 Å². The largest absolute Gasteiger partial charge is 0.312 e. The van der Waals surface area contributed by atoms with Gasteiger partial charge in [0, 0.05) is 17.3 Å². The molecule has 3 heteroatoms. The van der Waals surface area contributed by atoms with Gasteiger partial charge in [-0.05, 0) is 44.4 Å². The topological polar surface area (TPSA) is 24.9 Å². The van der Waals surface area contributed by atoms with Crippen molar-refractivity contribution in [3.05, 3.63) is 51.5 Å². The second-order valence-electron chi connectivity index (χ2n) is 5.26. The van der Waals surface area contributed by atoms with Crippen molar-refractivity contribution in [2.45, 2.75) is 38.1 Å². The molecule has 2 atom stereocenters. The zero-order valence-electron chi connectivity index (χ0n) is 11.5. The van der Waals surface area contributed by atoms with E-state index in [4.69, 9.17) is 4.98 Å². The standard InChI is InChI=1S/C16H20N2S/c1-11(17-2)15-10-19-16(18-15)14-9-5-7-12-6-3-4-8-13(12)14/h3-4,6,8,10-11,14,17H,5,7,9H2,1-2H3. The third-order valence-electron chi connectivity index (χ3n) is 4.08. The molecule has 0 spiro atoms. The predicted octanol–water partition coefficient (Wildman–Crippen LogP) is 3.89. The van der Waals surface area contributed by atoms with Gasteiger partial charge in [-0.3, -0.25) is 0 Å². The molecule has 1 aliphatic rings. The fourth-order valence-corrected chi connectivity index (χ4v) is 3.88. The summed E-state index contributed by atoms with van der Waals surface area (Å²) in [5.74, 6) is 0.507. The van der Waals surface area contributed by atoms with Crippen LogP contribution in [0.25, 0.3) is 0 Å². The lowest BCUT2D eigenvalue weighted by atomic mass is 9.83. The van der Waals surface area contributed by atoms with E-state index < -0.39 is 0 Å². The predicted molar refractivity (Wildman–Crippen MR) is 80.8 cm³/mol. The minimum atomic E-state index is 0.337. The summed E-state index contributed by atoms with van der Waals surface area (Å²) in [4.78, 5) is 4.86. The molecule has 1 aliphatic carbocycles. The molecule has 0 fully saturated rings. The molecule has 0 aliphatic heterocycles. The van der Waals surface area contributed by atoms with Crippen molar-refractivity contribution in [3.8, 4) is 0 Å². The van der Waals surface area contributed by atoms with Crippen LogP contribution in [0.5, 0.6) is 0 Å². The first-order valence-corrected chi connectivity index (χ1v) is 7.88. The van der Waals surface area contributed by atoms with Crippen LogP contribution in [0.3, 0.4) is 0 Å². The minimum Gasteiger partial charge on any atom is -0.312 e. The highest BCUT2D eigenvalue weighted by Crippen LogP contribution is 2.38. The Hall–Kier alpha value is -1.19. The van der Waals surface area contributed by atoms with Gasteiger partial charge in [0.15, 0.2) is 0 Å². The number of aryl methyl sites for hydroxylation is 1. The van der Waals surface area contributed by atoms with E-state index in [1.54, 1.807) is 0 Å². The number of hydrogen-bond acceptors (Lipinski definition) is 3. The van der Waals surface area contributed by atoms with Gasteiger partial charge < -0.3 is 5.32 Å².